The number of methoxy groups -OCH3 is 1. The minimum absolute atomic E-state index is 0.320. The van der Waals surface area contributed by atoms with Crippen molar-refractivity contribution in [2.75, 3.05) is 7.11 Å². The van der Waals surface area contributed by atoms with E-state index in [4.69, 9.17) is 10.5 Å². The van der Waals surface area contributed by atoms with E-state index >= 15 is 0 Å². The van der Waals surface area contributed by atoms with Crippen molar-refractivity contribution in [2.24, 2.45) is 5.73 Å². The molecule has 0 fully saturated rings. The van der Waals surface area contributed by atoms with Gasteiger partial charge in [0.1, 0.15) is 6.04 Å². The van der Waals surface area contributed by atoms with Crippen LogP contribution >= 0.6 is 0 Å². The average molecular weight is 365 g/mol. The van der Waals surface area contributed by atoms with Crippen molar-refractivity contribution in [1.29, 1.82) is 0 Å². The molecule has 0 aliphatic carbocycles. The van der Waals surface area contributed by atoms with E-state index in [1.54, 1.807) is 0 Å². The lowest BCUT2D eigenvalue weighted by Gasteiger charge is -2.19. The van der Waals surface area contributed by atoms with E-state index in [0.717, 1.165) is 22.0 Å². The third-order valence-corrected chi connectivity index (χ3v) is 4.54. The number of esters is 1. The van der Waals surface area contributed by atoms with E-state index in [1.165, 1.54) is 7.11 Å². The van der Waals surface area contributed by atoms with Gasteiger partial charge >= 0.3 is 5.97 Å². The van der Waals surface area contributed by atoms with Crippen molar-refractivity contribution in [3.05, 3.63) is 71.9 Å². The smallest absolute Gasteiger partial charge is 0.328 e. The largest absolute Gasteiger partial charge is 0.467 e. The molecule has 0 bridgehead atoms. The van der Waals surface area contributed by atoms with Crippen molar-refractivity contribution in [3.63, 3.8) is 0 Å². The van der Waals surface area contributed by atoms with Crippen LogP contribution in [0, 0.1) is 0 Å². The first-order chi connectivity index (χ1) is 13.1. The topological polar surface area (TPSA) is 97.2 Å². The van der Waals surface area contributed by atoms with E-state index in [1.807, 2.05) is 60.8 Å². The fraction of sp³-hybridized carbons (Fsp3) is 0.238. The lowest BCUT2D eigenvalue weighted by molar-refractivity contribution is -0.145. The van der Waals surface area contributed by atoms with Gasteiger partial charge < -0.3 is 20.8 Å². The summed E-state index contributed by atoms with van der Waals surface area (Å²) >= 11 is 0. The molecule has 1 amide bonds. The quantitative estimate of drug-likeness (QED) is 0.558. The van der Waals surface area contributed by atoms with Crippen LogP contribution in [0.3, 0.4) is 0 Å². The average Bonchev–Trinajstić information content (AvgIpc) is 3.10. The molecule has 0 radical (unpaired) electrons. The number of ether oxygens (including phenoxy) is 1. The maximum absolute atomic E-state index is 12.5. The Morgan fingerprint density at radius 2 is 1.78 bits per heavy atom. The highest BCUT2D eigenvalue weighted by Crippen LogP contribution is 2.19. The minimum Gasteiger partial charge on any atom is -0.467 e. The second-order valence-corrected chi connectivity index (χ2v) is 6.44. The van der Waals surface area contributed by atoms with Gasteiger partial charge in [-0.15, -0.1) is 0 Å². The minimum atomic E-state index is -0.802. The predicted octanol–water partition coefficient (Wildman–Crippen LogP) is 1.94. The van der Waals surface area contributed by atoms with Gasteiger partial charge in [-0.3, -0.25) is 4.79 Å². The highest BCUT2D eigenvalue weighted by atomic mass is 16.5. The Bertz CT molecular complexity index is 921. The Balaban J connectivity index is 1.71. The zero-order valence-electron chi connectivity index (χ0n) is 15.1. The van der Waals surface area contributed by atoms with Crippen LogP contribution in [0.15, 0.2) is 60.8 Å². The van der Waals surface area contributed by atoms with Crippen molar-refractivity contribution in [3.8, 4) is 0 Å². The van der Waals surface area contributed by atoms with Crippen LogP contribution in [0.1, 0.15) is 11.1 Å². The van der Waals surface area contributed by atoms with Crippen molar-refractivity contribution < 1.29 is 14.3 Å². The Morgan fingerprint density at radius 1 is 1.07 bits per heavy atom. The molecule has 0 saturated heterocycles. The molecule has 3 aromatic rings. The van der Waals surface area contributed by atoms with Gasteiger partial charge in [0.25, 0.3) is 0 Å². The maximum atomic E-state index is 12.5. The molecular weight excluding hydrogens is 342 g/mol. The van der Waals surface area contributed by atoms with Crippen LogP contribution in [0.25, 0.3) is 10.9 Å². The van der Waals surface area contributed by atoms with Gasteiger partial charge in [-0.2, -0.15) is 0 Å². The number of aromatic nitrogens is 1. The first kappa shape index (κ1) is 18.7. The number of amides is 1. The molecule has 6 nitrogen and oxygen atoms in total. The van der Waals surface area contributed by atoms with Gasteiger partial charge in [0.2, 0.25) is 5.91 Å². The number of carbonyl (C=O) groups excluding carboxylic acids is 2. The van der Waals surface area contributed by atoms with E-state index in [0.29, 0.717) is 12.8 Å². The summed E-state index contributed by atoms with van der Waals surface area (Å²) in [5, 5.41) is 3.75. The number of H-pyrrole nitrogens is 1. The highest BCUT2D eigenvalue weighted by Gasteiger charge is 2.25. The number of rotatable bonds is 7. The molecular formula is C21H23N3O3. The van der Waals surface area contributed by atoms with Gasteiger partial charge in [-0.25, -0.2) is 4.79 Å². The molecule has 2 aromatic carbocycles. The Kier molecular flexibility index (Phi) is 5.88. The Labute approximate surface area is 157 Å². The second-order valence-electron chi connectivity index (χ2n) is 6.44. The number of hydrogen-bond acceptors (Lipinski definition) is 4. The number of nitrogens with one attached hydrogen (secondary N) is 2. The summed E-state index contributed by atoms with van der Waals surface area (Å²) < 4.78 is 4.87. The fourth-order valence-electron chi connectivity index (χ4n) is 3.10. The van der Waals surface area contributed by atoms with Gasteiger partial charge in [0, 0.05) is 23.5 Å². The SMILES string of the molecule is COC(=O)[C@@H](Cc1c[nH]c2ccccc12)NC(=O)[C@H](N)Cc1ccccc1. The number of nitrogens with two attached hydrogens (primary N) is 1. The Morgan fingerprint density at radius 3 is 2.52 bits per heavy atom. The summed E-state index contributed by atoms with van der Waals surface area (Å²) in [7, 11) is 1.31. The summed E-state index contributed by atoms with van der Waals surface area (Å²) in [4.78, 5) is 27.9. The first-order valence-electron chi connectivity index (χ1n) is 8.81. The van der Waals surface area contributed by atoms with Crippen LogP contribution in [0.5, 0.6) is 0 Å². The summed E-state index contributed by atoms with van der Waals surface area (Å²) in [5.41, 5.74) is 8.90. The zero-order chi connectivity index (χ0) is 19.2. The van der Waals surface area contributed by atoms with Gasteiger partial charge in [0.15, 0.2) is 0 Å². The normalized spacial score (nSPS) is 13.1. The lowest BCUT2D eigenvalue weighted by Crippen LogP contribution is -2.50. The van der Waals surface area contributed by atoms with E-state index < -0.39 is 18.1 Å². The summed E-state index contributed by atoms with van der Waals surface area (Å²) in [6.07, 6.45) is 2.56. The van der Waals surface area contributed by atoms with Crippen molar-refractivity contribution in [2.45, 2.75) is 24.9 Å². The van der Waals surface area contributed by atoms with Crippen LogP contribution in [-0.4, -0.2) is 36.1 Å². The van der Waals surface area contributed by atoms with Crippen LogP contribution < -0.4 is 11.1 Å². The Hall–Kier alpha value is -3.12. The molecule has 0 spiro atoms. The zero-order valence-corrected chi connectivity index (χ0v) is 15.1. The monoisotopic (exact) mass is 365 g/mol. The fourth-order valence-corrected chi connectivity index (χ4v) is 3.10. The molecule has 0 aliphatic heterocycles. The molecule has 27 heavy (non-hydrogen) atoms. The second kappa shape index (κ2) is 8.51. The van der Waals surface area contributed by atoms with Gasteiger partial charge in [0.05, 0.1) is 13.2 Å². The molecule has 0 aliphatic rings. The molecule has 3 rings (SSSR count). The van der Waals surface area contributed by atoms with Crippen LogP contribution in [0.2, 0.25) is 0 Å². The van der Waals surface area contributed by atoms with E-state index in [9.17, 15) is 9.59 Å². The summed E-state index contributed by atoms with van der Waals surface area (Å²) in [6.45, 7) is 0. The molecule has 6 heteroatoms. The molecule has 140 valence electrons. The molecule has 0 saturated carbocycles. The molecule has 4 N–H and O–H groups in total. The van der Waals surface area contributed by atoms with E-state index in [2.05, 4.69) is 10.3 Å². The number of fused-ring (bicyclic) bond motifs is 1. The van der Waals surface area contributed by atoms with E-state index in [-0.39, 0.29) is 5.91 Å². The van der Waals surface area contributed by atoms with Crippen molar-refractivity contribution in [1.82, 2.24) is 10.3 Å². The van der Waals surface area contributed by atoms with Crippen molar-refractivity contribution >= 4 is 22.8 Å². The van der Waals surface area contributed by atoms with Crippen LogP contribution in [0.4, 0.5) is 0 Å². The molecule has 1 heterocycles. The third-order valence-electron chi connectivity index (χ3n) is 4.54. The number of hydrogen-bond donors (Lipinski definition) is 3. The van der Waals surface area contributed by atoms with Gasteiger partial charge in [-0.05, 0) is 23.6 Å². The third kappa shape index (κ3) is 4.54. The molecule has 1 aromatic heterocycles. The first-order valence-corrected chi connectivity index (χ1v) is 8.81. The van der Waals surface area contributed by atoms with Gasteiger partial charge in [-0.1, -0.05) is 48.5 Å². The summed E-state index contributed by atoms with van der Waals surface area (Å²) in [6, 6.07) is 15.8. The number of para-hydroxylation sites is 1. The number of aromatic amines is 1. The summed E-state index contributed by atoms with van der Waals surface area (Å²) in [5.74, 6) is -0.880. The highest BCUT2D eigenvalue weighted by molar-refractivity contribution is 5.89. The lowest BCUT2D eigenvalue weighted by atomic mass is 10.0. The van der Waals surface area contributed by atoms with Crippen LogP contribution in [-0.2, 0) is 27.2 Å². The molecule has 2 atom stereocenters. The molecule has 0 unspecified atom stereocenters. The maximum Gasteiger partial charge on any atom is 0.328 e. The number of benzene rings is 2. The predicted molar refractivity (Wildman–Crippen MR) is 104 cm³/mol. The number of carbonyl (C=O) groups is 2. The standard InChI is InChI=1S/C21H23N3O3/c1-27-21(26)19(12-15-13-23-18-10-6-5-9-16(15)18)24-20(25)17(22)11-14-7-3-2-4-8-14/h2-10,13,17,19,23H,11-12,22H2,1H3,(H,24,25)/t17-,19-/m1/s1.